The van der Waals surface area contributed by atoms with E-state index in [0.29, 0.717) is 26.3 Å². The lowest BCUT2D eigenvalue weighted by Crippen LogP contribution is -2.37. The maximum atomic E-state index is 5.43. The highest BCUT2D eigenvalue weighted by Crippen LogP contribution is 2.27. The Morgan fingerprint density at radius 3 is 2.74 bits per heavy atom. The van der Waals surface area contributed by atoms with Gasteiger partial charge in [-0.25, -0.2) is 15.0 Å². The molecule has 7 heteroatoms. The molecule has 0 unspecified atom stereocenters. The van der Waals surface area contributed by atoms with E-state index in [0.717, 1.165) is 36.0 Å². The molecule has 2 aromatic rings. The van der Waals surface area contributed by atoms with Crippen LogP contribution in [0.2, 0.25) is 0 Å². The highest BCUT2D eigenvalue weighted by Gasteiger charge is 2.21. The van der Waals surface area contributed by atoms with Crippen LogP contribution < -0.4 is 9.80 Å². The van der Waals surface area contributed by atoms with E-state index in [-0.39, 0.29) is 0 Å². The zero-order chi connectivity index (χ0) is 16.2. The van der Waals surface area contributed by atoms with Crippen molar-refractivity contribution in [2.45, 2.75) is 6.54 Å². The number of rotatable bonds is 6. The molecule has 23 heavy (non-hydrogen) atoms. The quantitative estimate of drug-likeness (QED) is 0.753. The molecule has 0 aliphatic carbocycles. The third-order valence-corrected chi connectivity index (χ3v) is 3.86. The van der Waals surface area contributed by atoms with E-state index in [4.69, 9.17) is 9.72 Å². The molecule has 0 atom stereocenters. The highest BCUT2D eigenvalue weighted by molar-refractivity contribution is 5.86. The number of ether oxygens (including phenoxy) is 1. The molecule has 122 valence electrons. The summed E-state index contributed by atoms with van der Waals surface area (Å²) >= 11 is 0. The maximum Gasteiger partial charge on any atom is 0.208 e. The lowest BCUT2D eigenvalue weighted by molar-refractivity contribution is 0.122. The fraction of sp³-hybridized carbons (Fsp3) is 0.438. The summed E-state index contributed by atoms with van der Waals surface area (Å²) in [5.41, 5.74) is 1.65. The number of fused-ring (bicyclic) bond motifs is 1. The average molecular weight is 314 g/mol. The molecule has 0 saturated carbocycles. The molecule has 1 aliphatic rings. The lowest BCUT2D eigenvalue weighted by atomic mass is 10.4. The van der Waals surface area contributed by atoms with E-state index in [1.54, 1.807) is 6.33 Å². The van der Waals surface area contributed by atoms with Crippen molar-refractivity contribution in [1.82, 2.24) is 19.5 Å². The molecule has 1 aliphatic heterocycles. The second-order valence-corrected chi connectivity index (χ2v) is 5.45. The summed E-state index contributed by atoms with van der Waals surface area (Å²) in [4.78, 5) is 18.0. The number of imidazole rings is 1. The van der Waals surface area contributed by atoms with Gasteiger partial charge in [0.25, 0.3) is 0 Å². The van der Waals surface area contributed by atoms with Gasteiger partial charge in [0.15, 0.2) is 17.0 Å². The number of morpholine rings is 1. The van der Waals surface area contributed by atoms with Crippen LogP contribution in [0.1, 0.15) is 0 Å². The van der Waals surface area contributed by atoms with Gasteiger partial charge >= 0.3 is 0 Å². The molecule has 0 spiro atoms. The highest BCUT2D eigenvalue weighted by atomic mass is 16.5. The summed E-state index contributed by atoms with van der Waals surface area (Å²) in [7, 11) is 1.99. The molecule has 0 bridgehead atoms. The van der Waals surface area contributed by atoms with Gasteiger partial charge in [-0.15, -0.1) is 13.2 Å². The molecule has 3 heterocycles. The second-order valence-electron chi connectivity index (χ2n) is 5.45. The molecule has 1 fully saturated rings. The van der Waals surface area contributed by atoms with Gasteiger partial charge in [0.05, 0.1) is 13.2 Å². The van der Waals surface area contributed by atoms with Gasteiger partial charge in [-0.1, -0.05) is 12.2 Å². The number of anilines is 2. The second kappa shape index (κ2) is 6.78. The molecule has 2 aromatic heterocycles. The van der Waals surface area contributed by atoms with Gasteiger partial charge in [-0.3, -0.25) is 4.57 Å². The zero-order valence-electron chi connectivity index (χ0n) is 13.5. The fourth-order valence-corrected chi connectivity index (χ4v) is 2.78. The summed E-state index contributed by atoms with van der Waals surface area (Å²) in [5.74, 6) is 1.71. The minimum absolute atomic E-state index is 0.646. The van der Waals surface area contributed by atoms with Crippen LogP contribution in [0.25, 0.3) is 11.2 Å². The molecular formula is C16H22N6O. The van der Waals surface area contributed by atoms with E-state index >= 15 is 0 Å². The Balaban J connectivity index is 2.11. The van der Waals surface area contributed by atoms with Gasteiger partial charge in [0.2, 0.25) is 5.95 Å². The Morgan fingerprint density at radius 1 is 1.26 bits per heavy atom. The van der Waals surface area contributed by atoms with Crippen molar-refractivity contribution < 1.29 is 4.74 Å². The molecule has 0 radical (unpaired) electrons. The average Bonchev–Trinajstić information content (AvgIpc) is 2.95. The topological polar surface area (TPSA) is 59.3 Å². The number of aromatic nitrogens is 4. The minimum Gasteiger partial charge on any atom is -0.378 e. The van der Waals surface area contributed by atoms with Crippen LogP contribution in [-0.2, 0) is 11.3 Å². The Morgan fingerprint density at radius 2 is 2.04 bits per heavy atom. The Labute approximate surface area is 135 Å². The van der Waals surface area contributed by atoms with Gasteiger partial charge in [0.1, 0.15) is 6.33 Å². The molecule has 0 N–H and O–H groups in total. The third-order valence-electron chi connectivity index (χ3n) is 3.86. The van der Waals surface area contributed by atoms with E-state index < -0.39 is 0 Å². The van der Waals surface area contributed by atoms with Crippen LogP contribution in [0.4, 0.5) is 11.8 Å². The number of hydrogen-bond donors (Lipinski definition) is 0. The first-order chi connectivity index (χ1) is 11.3. The molecule has 3 rings (SSSR count). The molecule has 1 saturated heterocycles. The van der Waals surface area contributed by atoms with Crippen LogP contribution in [-0.4, -0.2) is 59.4 Å². The Kier molecular flexibility index (Phi) is 4.57. The van der Waals surface area contributed by atoms with Crippen molar-refractivity contribution in [3.63, 3.8) is 0 Å². The van der Waals surface area contributed by atoms with Crippen LogP contribution in [0.15, 0.2) is 31.6 Å². The van der Waals surface area contributed by atoms with Gasteiger partial charge in [0, 0.05) is 33.2 Å². The predicted octanol–water partition coefficient (Wildman–Crippen LogP) is 1.47. The van der Waals surface area contributed by atoms with Crippen molar-refractivity contribution in [2.24, 2.45) is 0 Å². The largest absolute Gasteiger partial charge is 0.378 e. The van der Waals surface area contributed by atoms with Crippen LogP contribution in [0.5, 0.6) is 0 Å². The van der Waals surface area contributed by atoms with Gasteiger partial charge in [-0.2, -0.15) is 0 Å². The van der Waals surface area contributed by atoms with Crippen LogP contribution in [0.3, 0.4) is 0 Å². The normalized spacial score (nSPS) is 14.9. The maximum absolute atomic E-state index is 5.43. The van der Waals surface area contributed by atoms with Crippen molar-refractivity contribution in [3.05, 3.63) is 31.6 Å². The minimum atomic E-state index is 0.646. The van der Waals surface area contributed by atoms with Crippen molar-refractivity contribution >= 4 is 22.9 Å². The fourth-order valence-electron chi connectivity index (χ4n) is 2.78. The summed E-state index contributed by atoms with van der Waals surface area (Å²) in [5, 5.41) is 0. The SMILES string of the molecule is C=CCN(C)c1nc2c(N3CCOCC3)ncnc2n1CC=C. The van der Waals surface area contributed by atoms with Crippen molar-refractivity contribution in [2.75, 3.05) is 49.7 Å². The molecule has 0 amide bonds. The summed E-state index contributed by atoms with van der Waals surface area (Å²) in [6.07, 6.45) is 5.31. The number of hydrogen-bond acceptors (Lipinski definition) is 6. The van der Waals surface area contributed by atoms with Crippen molar-refractivity contribution in [1.29, 1.82) is 0 Å². The first kappa shape index (κ1) is 15.5. The molecular weight excluding hydrogens is 292 g/mol. The molecule has 7 nitrogen and oxygen atoms in total. The first-order valence-electron chi connectivity index (χ1n) is 7.73. The summed E-state index contributed by atoms with van der Waals surface area (Å²) in [6, 6.07) is 0. The van der Waals surface area contributed by atoms with Crippen molar-refractivity contribution in [3.8, 4) is 0 Å². The lowest BCUT2D eigenvalue weighted by Gasteiger charge is -2.27. The number of likely N-dealkylation sites (N-methyl/N-ethyl adjacent to an activating group) is 1. The van der Waals surface area contributed by atoms with E-state index in [1.807, 2.05) is 24.1 Å². The molecule has 0 aromatic carbocycles. The standard InChI is InChI=1S/C16H22N6O/c1-4-6-20(3)16-19-13-14(21-8-10-23-11-9-21)17-12-18-15(13)22(16)7-5-2/h4-5,12H,1-2,6-11H2,3H3. The van der Waals surface area contributed by atoms with Gasteiger partial charge in [-0.05, 0) is 0 Å². The van der Waals surface area contributed by atoms with Gasteiger partial charge < -0.3 is 14.5 Å². The van der Waals surface area contributed by atoms with E-state index in [2.05, 4.69) is 32.6 Å². The predicted molar refractivity (Wildman–Crippen MR) is 92.0 cm³/mol. The van der Waals surface area contributed by atoms with Crippen LogP contribution in [0, 0.1) is 0 Å². The number of allylic oxidation sites excluding steroid dienone is 1. The smallest absolute Gasteiger partial charge is 0.208 e. The van der Waals surface area contributed by atoms with E-state index in [1.165, 1.54) is 0 Å². The summed E-state index contributed by atoms with van der Waals surface area (Å²) in [6.45, 7) is 12.1. The van der Waals surface area contributed by atoms with E-state index in [9.17, 15) is 0 Å². The third kappa shape index (κ3) is 2.92. The monoisotopic (exact) mass is 314 g/mol. The zero-order valence-corrected chi connectivity index (χ0v) is 13.5. The summed E-state index contributed by atoms with van der Waals surface area (Å²) < 4.78 is 7.48. The number of nitrogens with zero attached hydrogens (tertiary/aromatic N) is 6. The first-order valence-corrected chi connectivity index (χ1v) is 7.73. The Hall–Kier alpha value is -2.41. The van der Waals surface area contributed by atoms with Crippen LogP contribution >= 0.6 is 0 Å². The Bertz CT molecular complexity index is 704.